The lowest BCUT2D eigenvalue weighted by Crippen LogP contribution is -2.25. The van der Waals surface area contributed by atoms with Gasteiger partial charge in [0.15, 0.2) is 0 Å². The van der Waals surface area contributed by atoms with Gasteiger partial charge in [-0.25, -0.2) is 4.98 Å². The van der Waals surface area contributed by atoms with E-state index in [1.165, 1.54) is 30.6 Å². The second kappa shape index (κ2) is 8.95. The average molecular weight is 415 g/mol. The highest BCUT2D eigenvalue weighted by Gasteiger charge is 2.15. The summed E-state index contributed by atoms with van der Waals surface area (Å²) in [6, 6.07) is 8.09. The summed E-state index contributed by atoms with van der Waals surface area (Å²) in [6.45, 7) is 2.37. The van der Waals surface area contributed by atoms with Gasteiger partial charge < -0.3 is 4.74 Å². The number of ether oxygens (including phenoxy) is 1. The third kappa shape index (κ3) is 4.68. The van der Waals surface area contributed by atoms with Crippen molar-refractivity contribution >= 4 is 33.2 Å². The van der Waals surface area contributed by atoms with Gasteiger partial charge in [-0.2, -0.15) is 0 Å². The van der Waals surface area contributed by atoms with E-state index in [2.05, 4.69) is 4.74 Å². The molecule has 3 rings (SSSR count). The predicted molar refractivity (Wildman–Crippen MR) is 110 cm³/mol. The Bertz CT molecular complexity index is 1100. The molecule has 9 heteroatoms. The van der Waals surface area contributed by atoms with Crippen LogP contribution >= 0.6 is 11.3 Å². The van der Waals surface area contributed by atoms with Gasteiger partial charge >= 0.3 is 5.97 Å². The molecule has 0 bridgehead atoms. The first kappa shape index (κ1) is 20.7. The molecule has 0 aliphatic rings. The molecule has 1 aromatic carbocycles. The highest BCUT2D eigenvalue weighted by Crippen LogP contribution is 2.23. The summed E-state index contributed by atoms with van der Waals surface area (Å²) >= 11 is 1.50. The van der Waals surface area contributed by atoms with Gasteiger partial charge in [-0.1, -0.05) is 19.1 Å². The molecule has 0 atom stereocenters. The third-order valence-electron chi connectivity index (χ3n) is 4.63. The van der Waals surface area contributed by atoms with E-state index in [4.69, 9.17) is 4.98 Å². The molecule has 29 heavy (non-hydrogen) atoms. The summed E-state index contributed by atoms with van der Waals surface area (Å²) in [5, 5.41) is 11.4. The third-order valence-corrected chi connectivity index (χ3v) is 5.80. The minimum atomic E-state index is -0.450. The van der Waals surface area contributed by atoms with Crippen LogP contribution in [0.4, 0.5) is 5.69 Å². The topological polar surface area (TPSA) is 104 Å². The Morgan fingerprint density at radius 3 is 2.66 bits per heavy atom. The highest BCUT2D eigenvalue weighted by molar-refractivity contribution is 7.18. The first-order valence-corrected chi connectivity index (χ1v) is 10.1. The van der Waals surface area contributed by atoms with Gasteiger partial charge in [-0.15, -0.1) is 11.3 Å². The fourth-order valence-electron chi connectivity index (χ4n) is 3.05. The number of methoxy groups -OCH3 is 1. The molecule has 0 N–H and O–H groups in total. The van der Waals surface area contributed by atoms with Gasteiger partial charge in [0.05, 0.1) is 17.4 Å². The SMILES string of the molecule is CCc1cc2c(=O)n(CCCC(=O)OC)c(Cc3ccc([N+](=O)[O-])cc3)nc2s1. The Labute approximate surface area is 170 Å². The number of non-ortho nitro benzene ring substituents is 1. The van der Waals surface area contributed by atoms with E-state index >= 15 is 0 Å². The Kier molecular flexibility index (Phi) is 6.38. The van der Waals surface area contributed by atoms with Crippen LogP contribution in [0.5, 0.6) is 0 Å². The van der Waals surface area contributed by atoms with Gasteiger partial charge in [-0.3, -0.25) is 24.3 Å². The van der Waals surface area contributed by atoms with Crippen LogP contribution in [0.25, 0.3) is 10.2 Å². The summed E-state index contributed by atoms with van der Waals surface area (Å²) in [5.41, 5.74) is 0.696. The van der Waals surface area contributed by atoms with Crippen LogP contribution in [-0.2, 0) is 28.9 Å². The van der Waals surface area contributed by atoms with Gasteiger partial charge in [0, 0.05) is 36.4 Å². The number of aromatic nitrogens is 2. The minimum absolute atomic E-state index is 0.0125. The fraction of sp³-hybridized carbons (Fsp3) is 0.350. The second-order valence-corrected chi connectivity index (χ2v) is 7.67. The molecule has 3 aromatic rings. The maximum absolute atomic E-state index is 13.1. The number of nitro benzene ring substituents is 1. The van der Waals surface area contributed by atoms with E-state index in [9.17, 15) is 19.7 Å². The molecule has 8 nitrogen and oxygen atoms in total. The molecular weight excluding hydrogens is 394 g/mol. The Morgan fingerprint density at radius 2 is 2.03 bits per heavy atom. The summed E-state index contributed by atoms with van der Waals surface area (Å²) in [7, 11) is 1.33. The summed E-state index contributed by atoms with van der Waals surface area (Å²) < 4.78 is 6.26. The van der Waals surface area contributed by atoms with Gasteiger partial charge in [0.2, 0.25) is 0 Å². The van der Waals surface area contributed by atoms with E-state index in [1.54, 1.807) is 16.7 Å². The van der Waals surface area contributed by atoms with Crippen LogP contribution in [-0.4, -0.2) is 27.6 Å². The molecular formula is C20H21N3O5S. The molecule has 0 aliphatic carbocycles. The molecule has 2 heterocycles. The smallest absolute Gasteiger partial charge is 0.305 e. The molecule has 0 amide bonds. The van der Waals surface area contributed by atoms with Crippen molar-refractivity contribution in [2.24, 2.45) is 0 Å². The van der Waals surface area contributed by atoms with Crippen LogP contribution in [0.1, 0.15) is 36.0 Å². The molecule has 152 valence electrons. The second-order valence-electron chi connectivity index (χ2n) is 6.55. The molecule has 0 radical (unpaired) electrons. The zero-order valence-electron chi connectivity index (χ0n) is 16.2. The summed E-state index contributed by atoms with van der Waals surface area (Å²) in [4.78, 5) is 41.4. The number of carbonyl (C=O) groups excluding carboxylic acids is 1. The fourth-order valence-corrected chi connectivity index (χ4v) is 4.03. The first-order valence-electron chi connectivity index (χ1n) is 9.25. The minimum Gasteiger partial charge on any atom is -0.469 e. The Hall–Kier alpha value is -3.07. The number of fused-ring (bicyclic) bond motifs is 1. The lowest BCUT2D eigenvalue weighted by Gasteiger charge is -2.12. The Morgan fingerprint density at radius 1 is 1.31 bits per heavy atom. The maximum Gasteiger partial charge on any atom is 0.305 e. The number of thiophene rings is 1. The number of hydrogen-bond donors (Lipinski definition) is 0. The lowest BCUT2D eigenvalue weighted by atomic mass is 10.1. The maximum atomic E-state index is 13.1. The number of hydrogen-bond acceptors (Lipinski definition) is 7. The van der Waals surface area contributed by atoms with Crippen LogP contribution < -0.4 is 5.56 Å². The van der Waals surface area contributed by atoms with Gasteiger partial charge in [0.1, 0.15) is 10.7 Å². The molecule has 0 spiro atoms. The van der Waals surface area contributed by atoms with Crippen molar-refractivity contribution in [2.45, 2.75) is 39.2 Å². The van der Waals surface area contributed by atoms with Crippen molar-refractivity contribution in [1.29, 1.82) is 0 Å². The number of esters is 1. The van der Waals surface area contributed by atoms with E-state index in [-0.39, 0.29) is 23.6 Å². The molecule has 0 saturated carbocycles. The number of rotatable bonds is 8. The highest BCUT2D eigenvalue weighted by atomic mass is 32.1. The van der Waals surface area contributed by atoms with Gasteiger partial charge in [-0.05, 0) is 24.5 Å². The molecule has 0 aliphatic heterocycles. The van der Waals surface area contributed by atoms with Crippen molar-refractivity contribution < 1.29 is 14.5 Å². The number of nitrogens with zero attached hydrogens (tertiary/aromatic N) is 3. The quantitative estimate of drug-likeness (QED) is 0.317. The molecule has 0 saturated heterocycles. The molecule has 0 fully saturated rings. The van der Waals surface area contributed by atoms with Crippen LogP contribution in [0.3, 0.4) is 0 Å². The molecule has 2 aromatic heterocycles. The zero-order valence-corrected chi connectivity index (χ0v) is 17.0. The van der Waals surface area contributed by atoms with Crippen molar-refractivity contribution in [1.82, 2.24) is 9.55 Å². The monoisotopic (exact) mass is 415 g/mol. The van der Waals surface area contributed by atoms with Crippen molar-refractivity contribution in [3.63, 3.8) is 0 Å². The van der Waals surface area contributed by atoms with Gasteiger partial charge in [0.25, 0.3) is 11.2 Å². The predicted octanol–water partition coefficient (Wildman–Crippen LogP) is 3.47. The van der Waals surface area contributed by atoms with Crippen molar-refractivity contribution in [2.75, 3.05) is 7.11 Å². The number of carbonyl (C=O) groups is 1. The number of aryl methyl sites for hydroxylation is 1. The largest absolute Gasteiger partial charge is 0.469 e. The summed E-state index contributed by atoms with van der Waals surface area (Å²) in [6.07, 6.45) is 1.85. The standard InChI is InChI=1S/C20H21N3O5S/c1-3-15-12-16-19(29-15)21-17(11-13-6-8-14(9-7-13)23(26)27)22(20(16)25)10-4-5-18(24)28-2/h6-9,12H,3-5,10-11H2,1-2H3. The van der Waals surface area contributed by atoms with E-state index in [0.29, 0.717) is 35.4 Å². The summed E-state index contributed by atoms with van der Waals surface area (Å²) in [5.74, 6) is 0.249. The Balaban J connectivity index is 1.97. The van der Waals surface area contributed by atoms with E-state index in [1.807, 2.05) is 13.0 Å². The van der Waals surface area contributed by atoms with Crippen molar-refractivity contribution in [3.8, 4) is 0 Å². The van der Waals surface area contributed by atoms with E-state index < -0.39 is 4.92 Å². The lowest BCUT2D eigenvalue weighted by molar-refractivity contribution is -0.384. The first-order chi connectivity index (χ1) is 13.9. The van der Waals surface area contributed by atoms with Crippen LogP contribution in [0, 0.1) is 10.1 Å². The zero-order chi connectivity index (χ0) is 21.0. The number of benzene rings is 1. The molecule has 0 unspecified atom stereocenters. The van der Waals surface area contributed by atoms with Crippen LogP contribution in [0.2, 0.25) is 0 Å². The van der Waals surface area contributed by atoms with Crippen LogP contribution in [0.15, 0.2) is 35.1 Å². The van der Waals surface area contributed by atoms with Crippen molar-refractivity contribution in [3.05, 3.63) is 67.1 Å². The van der Waals surface area contributed by atoms with E-state index in [0.717, 1.165) is 16.9 Å². The number of nitro groups is 1. The normalized spacial score (nSPS) is 11.0. The average Bonchev–Trinajstić information content (AvgIpc) is 3.14.